The molecule has 1 aliphatic rings. The minimum Gasteiger partial charge on any atom is -0.741 e. The molecule has 0 bridgehead atoms. The van der Waals surface area contributed by atoms with Crippen LogP contribution in [0.3, 0.4) is 0 Å². The maximum atomic E-state index is 10.7. The number of rotatable bonds is 0. The maximum Gasteiger partial charge on any atom is 3.00 e. The first-order valence-electron chi connectivity index (χ1n) is 8.49. The van der Waals surface area contributed by atoms with Crippen molar-refractivity contribution in [1.82, 2.24) is 0 Å². The fourth-order valence-corrected chi connectivity index (χ4v) is 1.86. The molecular formula is C18H22F6NO6RhS2+. The first kappa shape index (κ1) is 37.6. The zero-order valence-electron chi connectivity index (χ0n) is 18.3. The number of nitrogen functional groups attached to an aromatic ring is 1. The minimum atomic E-state index is -6.09. The van der Waals surface area contributed by atoms with Crippen LogP contribution in [0.5, 0.6) is 0 Å². The largest absolute Gasteiger partial charge is 3.00 e. The Labute approximate surface area is 208 Å². The number of benzene rings is 1. The van der Waals surface area contributed by atoms with Crippen LogP contribution in [-0.2, 0) is 39.7 Å². The van der Waals surface area contributed by atoms with Gasteiger partial charge < -0.3 is 14.8 Å². The van der Waals surface area contributed by atoms with Crippen molar-refractivity contribution in [3.05, 3.63) is 59.9 Å². The first-order valence-corrected chi connectivity index (χ1v) is 11.3. The summed E-state index contributed by atoms with van der Waals surface area (Å²) in [6, 6.07) is 9.49. The second kappa shape index (κ2) is 14.6. The van der Waals surface area contributed by atoms with Crippen LogP contribution in [-0.4, -0.2) is 37.0 Å². The van der Waals surface area contributed by atoms with E-state index in [2.05, 4.69) is 34.6 Å². The van der Waals surface area contributed by atoms with Gasteiger partial charge in [-0.15, -0.1) is 0 Å². The molecule has 0 amide bonds. The number of nitrogens with two attached hydrogens (primary N) is 1. The average molecular weight is 629 g/mol. The molecule has 0 atom stereocenters. The predicted molar refractivity (Wildman–Crippen MR) is 107 cm³/mol. The van der Waals surface area contributed by atoms with E-state index in [0.29, 0.717) is 0 Å². The molecule has 197 valence electrons. The van der Waals surface area contributed by atoms with Crippen LogP contribution in [0.1, 0.15) is 34.6 Å². The van der Waals surface area contributed by atoms with Crippen LogP contribution < -0.4 is 5.73 Å². The van der Waals surface area contributed by atoms with Gasteiger partial charge in [0.1, 0.15) is 0 Å². The maximum absolute atomic E-state index is 10.7. The van der Waals surface area contributed by atoms with Crippen molar-refractivity contribution in [2.45, 2.75) is 45.6 Å². The molecule has 34 heavy (non-hydrogen) atoms. The standard InChI is InChI=1S/C10H15.C6H7N.2CHF3O3S.Rh/c1-6-7(2)9(4)10(5)8(6)3;7-6-4-2-1-3-5-6;2*2-1(3,4)8(5,6)7;/h1-5H3;1-5H,7H2;2*(H,5,6,7);/q;;;;+3/p-2. The normalized spacial score (nSPS) is 16.7. The Kier molecular flexibility index (Phi) is 16.1. The Morgan fingerprint density at radius 1 is 0.618 bits per heavy atom. The minimum absolute atomic E-state index is 0. The molecule has 2 rings (SSSR count). The van der Waals surface area contributed by atoms with Crippen molar-refractivity contribution in [2.24, 2.45) is 0 Å². The Balaban J connectivity index is -0.000000376. The third-order valence-corrected chi connectivity index (χ3v) is 5.31. The van der Waals surface area contributed by atoms with Gasteiger partial charge in [-0.1, -0.05) is 52.8 Å². The molecule has 0 unspecified atom stereocenters. The third-order valence-electron chi connectivity index (χ3n) is 4.18. The molecule has 0 heterocycles. The fourth-order valence-electron chi connectivity index (χ4n) is 1.86. The second-order valence-electron chi connectivity index (χ2n) is 6.34. The smallest absolute Gasteiger partial charge is 0.741 e. The molecular weight excluding hydrogens is 607 g/mol. The number of hydrogen-bond donors (Lipinski definition) is 1. The van der Waals surface area contributed by atoms with E-state index < -0.39 is 31.3 Å². The van der Waals surface area contributed by atoms with Crippen molar-refractivity contribution in [3.8, 4) is 0 Å². The van der Waals surface area contributed by atoms with Crippen molar-refractivity contribution >= 4 is 25.9 Å². The van der Waals surface area contributed by atoms with Crippen LogP contribution >= 0.6 is 0 Å². The molecule has 16 heteroatoms. The van der Waals surface area contributed by atoms with Crippen LogP contribution in [0, 0.1) is 29.6 Å². The van der Waals surface area contributed by atoms with Crippen molar-refractivity contribution < 1.29 is 71.8 Å². The van der Waals surface area contributed by atoms with Gasteiger partial charge in [-0.2, -0.15) is 26.3 Å². The number of hydrogen-bond acceptors (Lipinski definition) is 7. The Bertz CT molecular complexity index is 824. The second-order valence-corrected chi connectivity index (χ2v) is 9.08. The molecule has 0 spiro atoms. The van der Waals surface area contributed by atoms with Crippen molar-refractivity contribution in [3.63, 3.8) is 0 Å². The summed E-state index contributed by atoms with van der Waals surface area (Å²) < 4.78 is 118. The summed E-state index contributed by atoms with van der Waals surface area (Å²) in [6.45, 7) is 11.0. The molecule has 2 N–H and O–H groups in total. The van der Waals surface area contributed by atoms with Gasteiger partial charge >= 0.3 is 30.5 Å². The molecule has 0 saturated heterocycles. The summed E-state index contributed by atoms with van der Waals surface area (Å²) in [4.78, 5) is 0. The average Bonchev–Trinajstić information content (AvgIpc) is 2.78. The summed E-state index contributed by atoms with van der Waals surface area (Å²) in [5.41, 5.74) is -5.11. The summed E-state index contributed by atoms with van der Waals surface area (Å²) in [6.07, 6.45) is 0. The Hall–Kier alpha value is -0.957. The van der Waals surface area contributed by atoms with Crippen molar-refractivity contribution in [1.29, 1.82) is 0 Å². The topological polar surface area (TPSA) is 140 Å². The summed E-state index contributed by atoms with van der Waals surface area (Å²) in [5.74, 6) is 7.34. The number of para-hydroxylation sites is 1. The molecule has 0 aromatic heterocycles. The van der Waals surface area contributed by atoms with Crippen molar-refractivity contribution in [2.75, 3.05) is 5.73 Å². The molecule has 7 nitrogen and oxygen atoms in total. The van der Waals surface area contributed by atoms with E-state index >= 15 is 0 Å². The van der Waals surface area contributed by atoms with Gasteiger partial charge in [-0.25, -0.2) is 16.8 Å². The van der Waals surface area contributed by atoms with Gasteiger partial charge in [0.2, 0.25) is 0 Å². The van der Waals surface area contributed by atoms with Gasteiger partial charge in [-0.05, 0) is 41.7 Å². The predicted octanol–water partition coefficient (Wildman–Crippen LogP) is 4.34. The molecule has 1 fully saturated rings. The van der Waals surface area contributed by atoms with Gasteiger partial charge in [0.25, 0.3) is 0 Å². The zero-order valence-corrected chi connectivity index (χ0v) is 21.6. The van der Waals surface area contributed by atoms with E-state index in [1.54, 1.807) is 0 Å². The van der Waals surface area contributed by atoms with E-state index in [1.807, 2.05) is 30.3 Å². The van der Waals surface area contributed by atoms with Crippen LogP contribution in [0.15, 0.2) is 30.3 Å². The van der Waals surface area contributed by atoms with Crippen LogP contribution in [0.4, 0.5) is 32.0 Å². The summed E-state index contributed by atoms with van der Waals surface area (Å²) in [7, 11) is -12.2. The van der Waals surface area contributed by atoms with Crippen LogP contribution in [0.2, 0.25) is 0 Å². The number of halogens is 6. The van der Waals surface area contributed by atoms with E-state index in [9.17, 15) is 26.3 Å². The van der Waals surface area contributed by atoms with Gasteiger partial charge in [0.15, 0.2) is 20.2 Å². The van der Waals surface area contributed by atoms with Gasteiger partial charge in [-0.3, -0.25) is 0 Å². The fraction of sp³-hybridized carbons (Fsp3) is 0.389. The molecule has 0 aliphatic heterocycles. The first-order chi connectivity index (χ1) is 14.4. The number of alkyl halides is 6. The molecule has 5 radical (unpaired) electrons. The molecule has 1 saturated carbocycles. The van der Waals surface area contributed by atoms with Gasteiger partial charge in [0, 0.05) is 5.69 Å². The van der Waals surface area contributed by atoms with E-state index in [1.165, 1.54) is 29.6 Å². The number of anilines is 1. The van der Waals surface area contributed by atoms with Crippen LogP contribution in [0.25, 0.3) is 0 Å². The quantitative estimate of drug-likeness (QED) is 0.148. The third kappa shape index (κ3) is 13.8. The van der Waals surface area contributed by atoms with E-state index in [-0.39, 0.29) is 19.5 Å². The van der Waals surface area contributed by atoms with E-state index in [0.717, 1.165) is 5.69 Å². The SMILES string of the molecule is C[C]1[C](C)[C](C)[C](C)[C]1C.Nc1ccccc1.O=S(=O)([O-])C(F)(F)F.O=S(=O)([O-])C(F)(F)F.[Rh+3]. The summed E-state index contributed by atoms with van der Waals surface area (Å²) in [5, 5.41) is 0. The monoisotopic (exact) mass is 629 g/mol. The molecule has 1 aliphatic carbocycles. The molecule has 1 aromatic carbocycles. The van der Waals surface area contributed by atoms with E-state index in [4.69, 9.17) is 31.7 Å². The Morgan fingerprint density at radius 3 is 0.882 bits per heavy atom. The Morgan fingerprint density at radius 2 is 0.794 bits per heavy atom. The van der Waals surface area contributed by atoms with Gasteiger partial charge in [0.05, 0.1) is 0 Å². The summed E-state index contributed by atoms with van der Waals surface area (Å²) >= 11 is 0. The zero-order chi connectivity index (χ0) is 27.0. The molecule has 1 aromatic rings.